The standard InChI is InChI=1S/C16H15ClN2O3/c17-10-6-7-11-12(4-2-8-22-14(11)9-10)19-16(21)13-3-1-5-15(20)18-13/h1,3,5-7,9,12H,2,4,8H2,(H,18,20)(H,19,21)/t12-/m1/s1. The third-order valence-electron chi connectivity index (χ3n) is 3.56. The van der Waals surface area contributed by atoms with Crippen LogP contribution in [-0.4, -0.2) is 17.5 Å². The molecule has 2 heterocycles. The molecule has 22 heavy (non-hydrogen) atoms. The number of fused-ring (bicyclic) bond motifs is 1. The maximum absolute atomic E-state index is 12.3. The molecule has 1 aliphatic heterocycles. The van der Waals surface area contributed by atoms with Crippen molar-refractivity contribution in [3.05, 3.63) is 63.0 Å². The number of pyridine rings is 1. The minimum absolute atomic E-state index is 0.175. The average Bonchev–Trinajstić information content (AvgIpc) is 2.69. The highest BCUT2D eigenvalue weighted by Gasteiger charge is 2.22. The predicted molar refractivity (Wildman–Crippen MR) is 83.5 cm³/mol. The molecular formula is C16H15ClN2O3. The first-order valence-corrected chi connectivity index (χ1v) is 7.44. The van der Waals surface area contributed by atoms with Crippen LogP contribution < -0.4 is 15.6 Å². The van der Waals surface area contributed by atoms with Crippen LogP contribution in [0.1, 0.15) is 34.9 Å². The molecule has 6 heteroatoms. The summed E-state index contributed by atoms with van der Waals surface area (Å²) in [4.78, 5) is 26.1. The Bertz CT molecular complexity index is 757. The number of ether oxygens (including phenoxy) is 1. The van der Waals surface area contributed by atoms with E-state index >= 15 is 0 Å². The first-order valence-electron chi connectivity index (χ1n) is 7.06. The van der Waals surface area contributed by atoms with E-state index in [0.717, 1.165) is 18.4 Å². The van der Waals surface area contributed by atoms with Crippen molar-refractivity contribution in [2.45, 2.75) is 18.9 Å². The van der Waals surface area contributed by atoms with Crippen LogP contribution >= 0.6 is 11.6 Å². The van der Waals surface area contributed by atoms with Gasteiger partial charge >= 0.3 is 0 Å². The number of H-pyrrole nitrogens is 1. The number of benzene rings is 1. The molecule has 0 fully saturated rings. The molecule has 1 aliphatic rings. The number of nitrogens with one attached hydrogen (secondary N) is 2. The first kappa shape index (κ1) is 14.7. The van der Waals surface area contributed by atoms with Crippen LogP contribution in [-0.2, 0) is 0 Å². The molecule has 0 unspecified atom stereocenters. The number of halogens is 1. The molecule has 0 radical (unpaired) electrons. The Kier molecular flexibility index (Phi) is 4.15. The highest BCUT2D eigenvalue weighted by molar-refractivity contribution is 6.30. The van der Waals surface area contributed by atoms with Crippen LogP contribution in [0.4, 0.5) is 0 Å². The summed E-state index contributed by atoms with van der Waals surface area (Å²) in [7, 11) is 0. The average molecular weight is 319 g/mol. The van der Waals surface area contributed by atoms with Gasteiger partial charge in [0.05, 0.1) is 12.6 Å². The van der Waals surface area contributed by atoms with Gasteiger partial charge in [0.15, 0.2) is 0 Å². The van der Waals surface area contributed by atoms with E-state index in [1.165, 1.54) is 6.07 Å². The summed E-state index contributed by atoms with van der Waals surface area (Å²) in [6.07, 6.45) is 1.58. The van der Waals surface area contributed by atoms with Crippen LogP contribution in [0, 0.1) is 0 Å². The van der Waals surface area contributed by atoms with E-state index in [9.17, 15) is 9.59 Å². The van der Waals surface area contributed by atoms with Crippen molar-refractivity contribution in [2.75, 3.05) is 6.61 Å². The van der Waals surface area contributed by atoms with E-state index in [0.29, 0.717) is 17.4 Å². The lowest BCUT2D eigenvalue weighted by molar-refractivity contribution is 0.0929. The lowest BCUT2D eigenvalue weighted by Crippen LogP contribution is -2.30. The monoisotopic (exact) mass is 318 g/mol. The fourth-order valence-electron chi connectivity index (χ4n) is 2.51. The third kappa shape index (κ3) is 3.14. The van der Waals surface area contributed by atoms with Crippen molar-refractivity contribution in [3.63, 3.8) is 0 Å². The summed E-state index contributed by atoms with van der Waals surface area (Å²) in [6.45, 7) is 0.585. The zero-order valence-electron chi connectivity index (χ0n) is 11.8. The Balaban J connectivity index is 1.86. The molecule has 0 spiro atoms. The number of amides is 1. The van der Waals surface area contributed by atoms with E-state index < -0.39 is 0 Å². The summed E-state index contributed by atoms with van der Waals surface area (Å²) >= 11 is 5.99. The van der Waals surface area contributed by atoms with Crippen molar-refractivity contribution in [1.29, 1.82) is 0 Å². The lowest BCUT2D eigenvalue weighted by Gasteiger charge is -2.18. The fourth-order valence-corrected chi connectivity index (χ4v) is 2.67. The normalized spacial score (nSPS) is 17.0. The Labute approximate surface area is 132 Å². The Morgan fingerprint density at radius 2 is 2.18 bits per heavy atom. The van der Waals surface area contributed by atoms with Crippen LogP contribution in [0.3, 0.4) is 0 Å². The smallest absolute Gasteiger partial charge is 0.268 e. The molecule has 0 bridgehead atoms. The SMILES string of the molecule is O=C(N[C@@H]1CCCOc2cc(Cl)ccc21)c1cccc(=O)[nH]1. The molecule has 2 N–H and O–H groups in total. The number of aromatic nitrogens is 1. The van der Waals surface area contributed by atoms with Gasteiger partial charge in [-0.1, -0.05) is 23.7 Å². The second-order valence-corrected chi connectivity index (χ2v) is 5.56. The summed E-state index contributed by atoms with van der Waals surface area (Å²) in [6, 6.07) is 9.72. The molecule has 1 aromatic heterocycles. The van der Waals surface area contributed by atoms with Gasteiger partial charge in [-0.05, 0) is 31.0 Å². The van der Waals surface area contributed by atoms with Gasteiger partial charge in [-0.2, -0.15) is 0 Å². The summed E-state index contributed by atoms with van der Waals surface area (Å²) in [5.74, 6) is 0.377. The molecule has 2 aromatic rings. The largest absolute Gasteiger partial charge is 0.493 e. The van der Waals surface area contributed by atoms with Gasteiger partial charge in [0.25, 0.3) is 5.91 Å². The minimum atomic E-state index is -0.314. The van der Waals surface area contributed by atoms with Crippen LogP contribution in [0.25, 0.3) is 0 Å². The van der Waals surface area contributed by atoms with Crippen molar-refractivity contribution in [1.82, 2.24) is 10.3 Å². The van der Waals surface area contributed by atoms with Crippen LogP contribution in [0.5, 0.6) is 5.75 Å². The Hall–Kier alpha value is -2.27. The Morgan fingerprint density at radius 3 is 3.00 bits per heavy atom. The highest BCUT2D eigenvalue weighted by atomic mass is 35.5. The van der Waals surface area contributed by atoms with E-state index in [2.05, 4.69) is 10.3 Å². The molecule has 1 aromatic carbocycles. The van der Waals surface area contributed by atoms with E-state index in [1.54, 1.807) is 24.3 Å². The summed E-state index contributed by atoms with van der Waals surface area (Å²) < 4.78 is 5.67. The van der Waals surface area contributed by atoms with Crippen molar-refractivity contribution in [3.8, 4) is 5.75 Å². The minimum Gasteiger partial charge on any atom is -0.493 e. The van der Waals surface area contributed by atoms with Gasteiger partial charge in [0, 0.05) is 16.7 Å². The second kappa shape index (κ2) is 6.23. The van der Waals surface area contributed by atoms with Crippen molar-refractivity contribution >= 4 is 17.5 Å². The zero-order chi connectivity index (χ0) is 15.5. The molecule has 0 aliphatic carbocycles. The first-order chi connectivity index (χ1) is 10.6. The third-order valence-corrected chi connectivity index (χ3v) is 3.80. The number of hydrogen-bond donors (Lipinski definition) is 2. The molecule has 0 saturated carbocycles. The van der Waals surface area contributed by atoms with E-state index in [1.807, 2.05) is 6.07 Å². The molecular weight excluding hydrogens is 304 g/mol. The molecule has 1 atom stereocenters. The van der Waals surface area contributed by atoms with Gasteiger partial charge in [-0.3, -0.25) is 9.59 Å². The number of carbonyl (C=O) groups is 1. The van der Waals surface area contributed by atoms with Crippen molar-refractivity contribution in [2.24, 2.45) is 0 Å². The highest BCUT2D eigenvalue weighted by Crippen LogP contribution is 2.33. The maximum atomic E-state index is 12.3. The van der Waals surface area contributed by atoms with Gasteiger partial charge in [-0.25, -0.2) is 0 Å². The fraction of sp³-hybridized carbons (Fsp3) is 0.250. The van der Waals surface area contributed by atoms with Gasteiger partial charge < -0.3 is 15.0 Å². The number of aromatic amines is 1. The van der Waals surface area contributed by atoms with Crippen molar-refractivity contribution < 1.29 is 9.53 Å². The summed E-state index contributed by atoms with van der Waals surface area (Å²) in [5, 5.41) is 3.54. The number of hydrogen-bond acceptors (Lipinski definition) is 3. The van der Waals surface area contributed by atoms with Crippen LogP contribution in [0.15, 0.2) is 41.2 Å². The molecule has 0 saturated heterocycles. The second-order valence-electron chi connectivity index (χ2n) is 5.13. The summed E-state index contributed by atoms with van der Waals surface area (Å²) in [5.41, 5.74) is 0.839. The zero-order valence-corrected chi connectivity index (χ0v) is 12.5. The van der Waals surface area contributed by atoms with Gasteiger partial charge in [-0.15, -0.1) is 0 Å². The molecule has 1 amide bonds. The molecule has 5 nitrogen and oxygen atoms in total. The maximum Gasteiger partial charge on any atom is 0.268 e. The quantitative estimate of drug-likeness (QED) is 0.894. The van der Waals surface area contributed by atoms with Gasteiger partial charge in [0.2, 0.25) is 5.56 Å². The van der Waals surface area contributed by atoms with E-state index in [-0.39, 0.29) is 23.2 Å². The molecule has 114 valence electrons. The Morgan fingerprint density at radius 1 is 1.32 bits per heavy atom. The topological polar surface area (TPSA) is 71.2 Å². The number of rotatable bonds is 2. The molecule has 3 rings (SSSR count). The van der Waals surface area contributed by atoms with E-state index in [4.69, 9.17) is 16.3 Å². The van der Waals surface area contributed by atoms with Gasteiger partial charge in [0.1, 0.15) is 11.4 Å². The van der Waals surface area contributed by atoms with Crippen LogP contribution in [0.2, 0.25) is 5.02 Å². The lowest BCUT2D eigenvalue weighted by atomic mass is 10.0. The number of carbonyl (C=O) groups excluding carboxylic acids is 1. The predicted octanol–water partition coefficient (Wildman–Crippen LogP) is 2.67.